The number of halogens is 1. The van der Waals surface area contributed by atoms with Gasteiger partial charge in [-0.2, -0.15) is 0 Å². The molecular weight excluding hydrogens is 418 g/mol. The Morgan fingerprint density at radius 3 is 2.52 bits per heavy atom. The van der Waals surface area contributed by atoms with Crippen molar-refractivity contribution in [2.45, 2.75) is 42.4 Å². The summed E-state index contributed by atoms with van der Waals surface area (Å²) in [6.07, 6.45) is 1.88. The van der Waals surface area contributed by atoms with E-state index in [0.29, 0.717) is 37.1 Å². The molecule has 1 aliphatic carbocycles. The highest BCUT2D eigenvalue weighted by molar-refractivity contribution is 7.92. The smallest absolute Gasteiger partial charge is 0.321 e. The van der Waals surface area contributed by atoms with Crippen molar-refractivity contribution < 1.29 is 22.7 Å². The number of carbonyl (C=O) groups is 2. The van der Waals surface area contributed by atoms with Gasteiger partial charge in [-0.25, -0.2) is 13.2 Å². The second-order valence-corrected chi connectivity index (χ2v) is 9.60. The van der Waals surface area contributed by atoms with Crippen molar-refractivity contribution in [3.8, 4) is 0 Å². The molecule has 0 radical (unpaired) electrons. The standard InChI is InChI=1S/C19H27N3O5S.ClH/c1-4-27-18(23)14-9-10-20-17(14)15-11-12(21-19(24)22(2)3)5-8-16(15)28(25,26)13-6-7-13;/h5,8,11,13-14,17,20H,4,6-7,9-10H2,1-3H3,(H,21,24);1H/t14-,17+;/m0./s1. The molecular formula is C19H28ClN3O5S. The van der Waals surface area contributed by atoms with Crippen LogP contribution in [-0.4, -0.2) is 57.8 Å². The molecule has 2 aliphatic rings. The number of carbonyl (C=O) groups excluding carboxylic acids is 2. The number of esters is 1. The molecule has 1 aromatic rings. The average Bonchev–Trinajstić information content (AvgIpc) is 3.39. The molecule has 0 aromatic heterocycles. The van der Waals surface area contributed by atoms with Gasteiger partial charge in [0.05, 0.1) is 22.7 Å². The van der Waals surface area contributed by atoms with Gasteiger partial charge in [0.15, 0.2) is 9.84 Å². The van der Waals surface area contributed by atoms with E-state index in [4.69, 9.17) is 4.74 Å². The van der Waals surface area contributed by atoms with Gasteiger partial charge in [-0.05, 0) is 56.5 Å². The third kappa shape index (κ3) is 5.02. The molecule has 0 unspecified atom stereocenters. The minimum absolute atomic E-state index is 0. The van der Waals surface area contributed by atoms with Crippen LogP contribution in [0.3, 0.4) is 0 Å². The van der Waals surface area contributed by atoms with Crippen molar-refractivity contribution in [3.63, 3.8) is 0 Å². The Kier molecular flexibility index (Phi) is 7.53. The van der Waals surface area contributed by atoms with E-state index >= 15 is 0 Å². The van der Waals surface area contributed by atoms with Crippen LogP contribution in [-0.2, 0) is 19.4 Å². The molecule has 0 bridgehead atoms. The summed E-state index contributed by atoms with van der Waals surface area (Å²) in [5, 5.41) is 5.63. The molecule has 162 valence electrons. The molecule has 29 heavy (non-hydrogen) atoms. The first kappa shape index (κ1) is 23.4. The quantitative estimate of drug-likeness (QED) is 0.651. The first-order valence-corrected chi connectivity index (χ1v) is 11.1. The molecule has 1 aromatic carbocycles. The summed E-state index contributed by atoms with van der Waals surface area (Å²) < 4.78 is 31.1. The fourth-order valence-corrected chi connectivity index (χ4v) is 5.34. The number of hydrogen-bond donors (Lipinski definition) is 2. The third-order valence-corrected chi connectivity index (χ3v) is 7.42. The Bertz CT molecular complexity index is 871. The molecule has 10 heteroatoms. The topological polar surface area (TPSA) is 105 Å². The molecule has 1 aliphatic heterocycles. The maximum Gasteiger partial charge on any atom is 0.321 e. The average molecular weight is 446 g/mol. The largest absolute Gasteiger partial charge is 0.466 e. The number of rotatable bonds is 6. The molecule has 8 nitrogen and oxygen atoms in total. The third-order valence-electron chi connectivity index (χ3n) is 5.08. The number of sulfone groups is 1. The van der Waals surface area contributed by atoms with Crippen LogP contribution >= 0.6 is 12.4 Å². The van der Waals surface area contributed by atoms with E-state index in [-0.39, 0.29) is 41.2 Å². The van der Waals surface area contributed by atoms with Crippen molar-refractivity contribution >= 4 is 39.9 Å². The maximum atomic E-state index is 13.0. The van der Waals surface area contributed by atoms with E-state index in [1.54, 1.807) is 33.2 Å². The van der Waals surface area contributed by atoms with Crippen LogP contribution in [0.5, 0.6) is 0 Å². The zero-order valence-corrected chi connectivity index (χ0v) is 18.4. The van der Waals surface area contributed by atoms with E-state index in [9.17, 15) is 18.0 Å². The molecule has 2 N–H and O–H groups in total. The summed E-state index contributed by atoms with van der Waals surface area (Å²) in [6.45, 7) is 2.61. The molecule has 1 saturated carbocycles. The number of hydrogen-bond acceptors (Lipinski definition) is 6. The zero-order chi connectivity index (χ0) is 20.5. The van der Waals surface area contributed by atoms with Gasteiger partial charge in [0.2, 0.25) is 0 Å². The lowest BCUT2D eigenvalue weighted by Crippen LogP contribution is -2.29. The Morgan fingerprint density at radius 2 is 1.93 bits per heavy atom. The predicted octanol–water partition coefficient (Wildman–Crippen LogP) is 2.35. The Balaban J connectivity index is 0.00000300. The number of ether oxygens (including phenoxy) is 1. The minimum atomic E-state index is -3.47. The van der Waals surface area contributed by atoms with Gasteiger partial charge in [0.1, 0.15) is 0 Å². The van der Waals surface area contributed by atoms with Crippen LogP contribution < -0.4 is 10.6 Å². The van der Waals surface area contributed by atoms with Crippen LogP contribution in [0.2, 0.25) is 0 Å². The fraction of sp³-hybridized carbons (Fsp3) is 0.579. The van der Waals surface area contributed by atoms with E-state index < -0.39 is 21.8 Å². The lowest BCUT2D eigenvalue weighted by molar-refractivity contribution is -0.148. The van der Waals surface area contributed by atoms with Crippen molar-refractivity contribution in [2.75, 3.05) is 32.6 Å². The van der Waals surface area contributed by atoms with E-state index in [0.717, 1.165) is 0 Å². The molecule has 1 saturated heterocycles. The van der Waals surface area contributed by atoms with Crippen LogP contribution in [0.1, 0.15) is 37.8 Å². The van der Waals surface area contributed by atoms with Crippen molar-refractivity contribution in [3.05, 3.63) is 23.8 Å². The van der Waals surface area contributed by atoms with Crippen LogP contribution in [0.4, 0.5) is 10.5 Å². The molecule has 3 rings (SSSR count). The first-order chi connectivity index (χ1) is 13.3. The minimum Gasteiger partial charge on any atom is -0.466 e. The summed E-state index contributed by atoms with van der Waals surface area (Å²) >= 11 is 0. The summed E-state index contributed by atoms with van der Waals surface area (Å²) in [7, 11) is -0.227. The molecule has 1 heterocycles. The monoisotopic (exact) mass is 445 g/mol. The normalized spacial score (nSPS) is 21.2. The molecule has 0 spiro atoms. The number of benzene rings is 1. The highest BCUT2D eigenvalue weighted by atomic mass is 35.5. The highest BCUT2D eigenvalue weighted by Crippen LogP contribution is 2.40. The van der Waals surface area contributed by atoms with Crippen LogP contribution in [0.15, 0.2) is 23.1 Å². The SMILES string of the molecule is CCOC(=O)[C@H]1CCN[C@H]1c1cc(NC(=O)N(C)C)ccc1S(=O)(=O)C1CC1.Cl. The highest BCUT2D eigenvalue weighted by Gasteiger charge is 2.42. The zero-order valence-electron chi connectivity index (χ0n) is 16.8. The lowest BCUT2D eigenvalue weighted by atomic mass is 9.94. The lowest BCUT2D eigenvalue weighted by Gasteiger charge is -2.23. The molecule has 2 amide bonds. The summed E-state index contributed by atoms with van der Waals surface area (Å²) in [4.78, 5) is 26.0. The van der Waals surface area contributed by atoms with Crippen molar-refractivity contribution in [1.29, 1.82) is 0 Å². The number of anilines is 1. The van der Waals surface area contributed by atoms with Gasteiger partial charge in [-0.15, -0.1) is 12.4 Å². The van der Waals surface area contributed by atoms with E-state index in [1.165, 1.54) is 11.0 Å². The van der Waals surface area contributed by atoms with Gasteiger partial charge in [0.25, 0.3) is 0 Å². The van der Waals surface area contributed by atoms with Crippen molar-refractivity contribution in [2.24, 2.45) is 5.92 Å². The Labute approximate surface area is 177 Å². The van der Waals surface area contributed by atoms with Gasteiger partial charge >= 0.3 is 12.0 Å². The number of nitrogens with one attached hydrogen (secondary N) is 2. The van der Waals surface area contributed by atoms with E-state index in [1.807, 2.05) is 0 Å². The Hall–Kier alpha value is -1.84. The molecule has 2 fully saturated rings. The van der Waals surface area contributed by atoms with Gasteiger partial charge in [-0.1, -0.05) is 0 Å². The van der Waals surface area contributed by atoms with Crippen LogP contribution in [0, 0.1) is 5.92 Å². The predicted molar refractivity (Wildman–Crippen MR) is 112 cm³/mol. The summed E-state index contributed by atoms with van der Waals surface area (Å²) in [5.41, 5.74) is 0.999. The second kappa shape index (κ2) is 9.32. The second-order valence-electron chi connectivity index (χ2n) is 7.40. The van der Waals surface area contributed by atoms with Gasteiger partial charge < -0.3 is 20.3 Å². The van der Waals surface area contributed by atoms with E-state index in [2.05, 4.69) is 10.6 Å². The fourth-order valence-electron chi connectivity index (χ4n) is 3.45. The summed E-state index contributed by atoms with van der Waals surface area (Å²) in [5.74, 6) is -0.803. The van der Waals surface area contributed by atoms with Crippen molar-refractivity contribution in [1.82, 2.24) is 10.2 Å². The molecule has 2 atom stereocenters. The summed E-state index contributed by atoms with van der Waals surface area (Å²) in [6, 6.07) is 4.00. The number of amides is 2. The van der Waals surface area contributed by atoms with Gasteiger partial charge in [-0.3, -0.25) is 4.79 Å². The number of nitrogens with zero attached hydrogens (tertiary/aromatic N) is 1. The number of urea groups is 1. The Morgan fingerprint density at radius 1 is 1.24 bits per heavy atom. The van der Waals surface area contributed by atoms with Gasteiger partial charge in [0, 0.05) is 25.8 Å². The van der Waals surface area contributed by atoms with Crippen LogP contribution in [0.25, 0.3) is 0 Å². The maximum absolute atomic E-state index is 13.0. The first-order valence-electron chi connectivity index (χ1n) is 9.52.